The summed E-state index contributed by atoms with van der Waals surface area (Å²) in [4.78, 5) is 3.91. The monoisotopic (exact) mass is 629 g/mol. The standard InChI is InChI=1S/C45H43NS/c1-7-8-19-37-32(4)47-44-38(21-14-22-41(37)44)34-17-13-18-35(28-34)46(31(3)24-25-33-16-10-9-15-30(33)2)36-26-27-40-39-20-11-12-23-42(39)45(5,6)43(40)29-36/h8-23,25-29,31H,2,7,24H2,1,3-6H3/b19-8-,33-25-. The third-order valence-electron chi connectivity index (χ3n) is 9.92. The van der Waals surface area contributed by atoms with Crippen LogP contribution in [0.25, 0.3) is 51.1 Å². The molecule has 5 aromatic carbocycles. The van der Waals surface area contributed by atoms with E-state index in [1.165, 1.54) is 70.5 Å². The van der Waals surface area contributed by atoms with Gasteiger partial charge in [-0.05, 0) is 100 Å². The average molecular weight is 630 g/mol. The first-order chi connectivity index (χ1) is 22.8. The molecular formula is C45H43NS. The predicted octanol–water partition coefficient (Wildman–Crippen LogP) is 11.4. The highest BCUT2D eigenvalue weighted by Gasteiger charge is 2.35. The van der Waals surface area contributed by atoms with E-state index >= 15 is 0 Å². The summed E-state index contributed by atoms with van der Waals surface area (Å²) in [5.41, 5.74) is 11.8. The molecule has 0 fully saturated rings. The number of fused-ring (bicyclic) bond motifs is 4. The van der Waals surface area contributed by atoms with Gasteiger partial charge in [0.15, 0.2) is 0 Å². The zero-order valence-electron chi connectivity index (χ0n) is 28.2. The van der Waals surface area contributed by atoms with Crippen molar-refractivity contribution in [2.24, 2.45) is 0 Å². The van der Waals surface area contributed by atoms with Crippen LogP contribution < -0.4 is 15.3 Å². The van der Waals surface area contributed by atoms with Crippen molar-refractivity contribution in [3.63, 3.8) is 0 Å². The van der Waals surface area contributed by atoms with Gasteiger partial charge >= 0.3 is 0 Å². The van der Waals surface area contributed by atoms with Crippen LogP contribution in [0.1, 0.15) is 62.1 Å². The number of rotatable bonds is 8. The Balaban J connectivity index is 1.36. The lowest BCUT2D eigenvalue weighted by Gasteiger charge is -2.33. The smallest absolute Gasteiger partial charge is 0.0430 e. The SMILES string of the molecule is C=c1cccc/c1=C/CC(C)N(c1cccc(-c2cccc3c(/C=C\CC)c(C)sc23)c1)c1ccc2c(c1)C(C)(C)c1ccccc1-2. The van der Waals surface area contributed by atoms with Gasteiger partial charge in [-0.2, -0.15) is 0 Å². The van der Waals surface area contributed by atoms with E-state index in [-0.39, 0.29) is 11.5 Å². The maximum Gasteiger partial charge on any atom is 0.0430 e. The molecule has 2 heteroatoms. The van der Waals surface area contributed by atoms with Crippen molar-refractivity contribution in [2.45, 2.75) is 58.9 Å². The van der Waals surface area contributed by atoms with Crippen molar-refractivity contribution in [2.75, 3.05) is 4.90 Å². The fraction of sp³-hybridized carbons (Fsp3) is 0.200. The van der Waals surface area contributed by atoms with E-state index in [1.807, 2.05) is 11.3 Å². The summed E-state index contributed by atoms with van der Waals surface area (Å²) >= 11 is 1.91. The first kappa shape index (κ1) is 31.0. The number of hydrogen-bond donors (Lipinski definition) is 0. The molecule has 1 aliphatic rings. The first-order valence-electron chi connectivity index (χ1n) is 16.8. The first-order valence-corrected chi connectivity index (χ1v) is 17.7. The molecule has 47 heavy (non-hydrogen) atoms. The lowest BCUT2D eigenvalue weighted by molar-refractivity contribution is 0.659. The second kappa shape index (κ2) is 12.5. The minimum atomic E-state index is -0.0613. The minimum absolute atomic E-state index is 0.0613. The normalized spacial score (nSPS) is 14.4. The van der Waals surface area contributed by atoms with Gasteiger partial charge < -0.3 is 4.90 Å². The van der Waals surface area contributed by atoms with E-state index in [2.05, 4.69) is 174 Å². The second-order valence-corrected chi connectivity index (χ2v) is 14.6. The Kier molecular flexibility index (Phi) is 8.24. The van der Waals surface area contributed by atoms with Gasteiger partial charge in [0.05, 0.1) is 0 Å². The second-order valence-electron chi connectivity index (χ2n) is 13.4. The van der Waals surface area contributed by atoms with Gasteiger partial charge in [-0.3, -0.25) is 0 Å². The summed E-state index contributed by atoms with van der Waals surface area (Å²) < 4.78 is 1.36. The van der Waals surface area contributed by atoms with Crippen molar-refractivity contribution in [3.8, 4) is 22.3 Å². The molecule has 1 heterocycles. The molecule has 0 radical (unpaired) electrons. The van der Waals surface area contributed by atoms with Crippen LogP contribution in [-0.4, -0.2) is 6.04 Å². The highest BCUT2D eigenvalue weighted by atomic mass is 32.1. The lowest BCUT2D eigenvalue weighted by atomic mass is 9.82. The van der Waals surface area contributed by atoms with Crippen molar-refractivity contribution < 1.29 is 0 Å². The molecule has 0 aliphatic heterocycles. The van der Waals surface area contributed by atoms with Crippen LogP contribution in [-0.2, 0) is 5.41 Å². The van der Waals surface area contributed by atoms with Crippen molar-refractivity contribution in [1.82, 2.24) is 0 Å². The van der Waals surface area contributed by atoms with Crippen LogP contribution in [0.5, 0.6) is 0 Å². The lowest BCUT2D eigenvalue weighted by Crippen LogP contribution is -2.30. The Morgan fingerprint density at radius 2 is 1.51 bits per heavy atom. The van der Waals surface area contributed by atoms with Gasteiger partial charge in [0.25, 0.3) is 0 Å². The summed E-state index contributed by atoms with van der Waals surface area (Å²) in [7, 11) is 0. The molecule has 0 bridgehead atoms. The van der Waals surface area contributed by atoms with Crippen LogP contribution in [0.4, 0.5) is 11.4 Å². The van der Waals surface area contributed by atoms with E-state index in [1.54, 1.807) is 0 Å². The maximum atomic E-state index is 4.28. The minimum Gasteiger partial charge on any atom is -0.338 e. The van der Waals surface area contributed by atoms with Gasteiger partial charge in [0, 0.05) is 37.8 Å². The van der Waals surface area contributed by atoms with Gasteiger partial charge in [0.2, 0.25) is 0 Å². The van der Waals surface area contributed by atoms with Crippen molar-refractivity contribution in [1.29, 1.82) is 0 Å². The molecule has 6 aromatic rings. The van der Waals surface area contributed by atoms with E-state index < -0.39 is 0 Å². The summed E-state index contributed by atoms with van der Waals surface area (Å²) in [6.45, 7) is 15.8. The number of aryl methyl sites for hydroxylation is 1. The zero-order valence-corrected chi connectivity index (χ0v) is 29.0. The quantitative estimate of drug-likeness (QED) is 0.162. The molecule has 0 spiro atoms. The Morgan fingerprint density at radius 3 is 2.34 bits per heavy atom. The number of anilines is 2. The fourth-order valence-corrected chi connectivity index (χ4v) is 8.56. The fourth-order valence-electron chi connectivity index (χ4n) is 7.39. The number of thiophene rings is 1. The van der Waals surface area contributed by atoms with Gasteiger partial charge in [-0.15, -0.1) is 11.3 Å². The molecule has 0 N–H and O–H groups in total. The number of hydrogen-bond acceptors (Lipinski definition) is 2. The molecule has 1 aliphatic carbocycles. The van der Waals surface area contributed by atoms with Crippen LogP contribution in [0.15, 0.2) is 115 Å². The third kappa shape index (κ3) is 5.55. The van der Waals surface area contributed by atoms with Crippen LogP contribution >= 0.6 is 11.3 Å². The number of benzene rings is 5. The Hall–Kier alpha value is -4.66. The highest BCUT2D eigenvalue weighted by molar-refractivity contribution is 7.20. The van der Waals surface area contributed by atoms with Gasteiger partial charge in [-0.25, -0.2) is 0 Å². The molecule has 0 saturated heterocycles. The van der Waals surface area contributed by atoms with Crippen molar-refractivity contribution in [3.05, 3.63) is 147 Å². The summed E-state index contributed by atoms with van der Waals surface area (Å²) in [6, 6.07) is 40.6. The van der Waals surface area contributed by atoms with Crippen molar-refractivity contribution >= 4 is 51.5 Å². The Labute approximate surface area is 283 Å². The van der Waals surface area contributed by atoms with Gasteiger partial charge in [0.1, 0.15) is 0 Å². The van der Waals surface area contributed by atoms with E-state index in [9.17, 15) is 0 Å². The summed E-state index contributed by atoms with van der Waals surface area (Å²) in [5.74, 6) is 0. The molecular weight excluding hydrogens is 587 g/mol. The molecule has 1 aromatic heterocycles. The predicted molar refractivity (Wildman–Crippen MR) is 207 cm³/mol. The Bertz CT molecular complexity index is 2250. The van der Waals surface area contributed by atoms with Crippen LogP contribution in [0, 0.1) is 6.92 Å². The van der Waals surface area contributed by atoms with Crippen LogP contribution in [0.2, 0.25) is 0 Å². The zero-order chi connectivity index (χ0) is 32.7. The van der Waals surface area contributed by atoms with E-state index in [4.69, 9.17) is 0 Å². The van der Waals surface area contributed by atoms with Gasteiger partial charge in [-0.1, -0.05) is 131 Å². The number of allylic oxidation sites excluding steroid dienone is 1. The number of nitrogens with zero attached hydrogens (tertiary/aromatic N) is 1. The molecule has 234 valence electrons. The Morgan fingerprint density at radius 1 is 0.787 bits per heavy atom. The maximum absolute atomic E-state index is 4.28. The topological polar surface area (TPSA) is 3.24 Å². The summed E-state index contributed by atoms with van der Waals surface area (Å²) in [5, 5.41) is 3.61. The third-order valence-corrected chi connectivity index (χ3v) is 11.1. The highest BCUT2D eigenvalue weighted by Crippen LogP contribution is 2.50. The molecule has 1 nitrogen and oxygen atoms in total. The van der Waals surface area contributed by atoms with E-state index in [0.29, 0.717) is 0 Å². The van der Waals surface area contributed by atoms with Crippen LogP contribution in [0.3, 0.4) is 0 Å². The molecule has 0 amide bonds. The molecule has 0 saturated carbocycles. The molecule has 1 unspecified atom stereocenters. The molecule has 1 atom stereocenters. The molecule has 7 rings (SSSR count). The average Bonchev–Trinajstić information content (AvgIpc) is 3.53. The largest absolute Gasteiger partial charge is 0.338 e. The van der Waals surface area contributed by atoms with E-state index in [0.717, 1.165) is 18.1 Å². The summed E-state index contributed by atoms with van der Waals surface area (Å²) in [6.07, 6.45) is 8.84.